The van der Waals surface area contributed by atoms with Gasteiger partial charge in [0.05, 0.1) is 17.2 Å². The van der Waals surface area contributed by atoms with Gasteiger partial charge in [0.25, 0.3) is 5.91 Å². The third-order valence-corrected chi connectivity index (χ3v) is 3.86. The van der Waals surface area contributed by atoms with Crippen LogP contribution in [0.5, 0.6) is 0 Å². The quantitative estimate of drug-likeness (QED) is 0.827. The van der Waals surface area contributed by atoms with Crippen LogP contribution in [0.3, 0.4) is 0 Å². The van der Waals surface area contributed by atoms with Crippen molar-refractivity contribution >= 4 is 22.8 Å². The molecule has 23 heavy (non-hydrogen) atoms. The number of nitrogens with zero attached hydrogens (tertiary/aromatic N) is 4. The number of ether oxygens (including phenoxy) is 1. The molecule has 0 unspecified atom stereocenters. The first kappa shape index (κ1) is 15.4. The Balaban J connectivity index is 1.67. The predicted molar refractivity (Wildman–Crippen MR) is 83.9 cm³/mol. The molecule has 1 aliphatic rings. The Morgan fingerprint density at radius 3 is 2.43 bits per heavy atom. The number of methoxy groups -OCH3 is 1. The number of amides is 2. The van der Waals surface area contributed by atoms with Gasteiger partial charge in [0, 0.05) is 33.3 Å². The monoisotopic (exact) mass is 314 g/mol. The van der Waals surface area contributed by atoms with Crippen molar-refractivity contribution in [2.45, 2.75) is 0 Å². The van der Waals surface area contributed by atoms with Crippen molar-refractivity contribution in [2.24, 2.45) is 0 Å². The molecule has 2 aromatic rings. The average molecular weight is 314 g/mol. The number of aromatic nitrogens is 2. The first-order valence-corrected chi connectivity index (χ1v) is 7.47. The van der Waals surface area contributed by atoms with Crippen molar-refractivity contribution < 1.29 is 14.3 Å². The van der Waals surface area contributed by atoms with Crippen molar-refractivity contribution in [1.29, 1.82) is 0 Å². The van der Waals surface area contributed by atoms with Crippen LogP contribution >= 0.6 is 0 Å². The fraction of sp³-hybridized carbons (Fsp3) is 0.375. The molecule has 0 bridgehead atoms. The highest BCUT2D eigenvalue weighted by atomic mass is 16.5. The van der Waals surface area contributed by atoms with Gasteiger partial charge >= 0.3 is 0 Å². The summed E-state index contributed by atoms with van der Waals surface area (Å²) in [5, 5.41) is 0. The standard InChI is InChI=1S/C16H18N4O3/c1-23-11-15(21)19-6-8-20(9-7-19)16(22)14-10-17-12-4-2-3-5-13(12)18-14/h2-5,10H,6-9,11H2,1H3. The summed E-state index contributed by atoms with van der Waals surface area (Å²) < 4.78 is 4.85. The van der Waals surface area contributed by atoms with E-state index in [1.807, 2.05) is 24.3 Å². The Bertz CT molecular complexity index is 726. The van der Waals surface area contributed by atoms with Gasteiger partial charge in [-0.05, 0) is 12.1 Å². The molecule has 1 saturated heterocycles. The number of carbonyl (C=O) groups excluding carboxylic acids is 2. The molecule has 7 heteroatoms. The lowest BCUT2D eigenvalue weighted by molar-refractivity contribution is -0.136. The summed E-state index contributed by atoms with van der Waals surface area (Å²) in [5.41, 5.74) is 1.80. The van der Waals surface area contributed by atoms with Gasteiger partial charge in [0.2, 0.25) is 5.91 Å². The molecule has 0 N–H and O–H groups in total. The van der Waals surface area contributed by atoms with E-state index in [1.165, 1.54) is 13.3 Å². The Kier molecular flexibility index (Phi) is 4.47. The summed E-state index contributed by atoms with van der Waals surface area (Å²) in [6.07, 6.45) is 1.51. The van der Waals surface area contributed by atoms with Crippen LogP contribution in [0.15, 0.2) is 30.5 Å². The Hall–Kier alpha value is -2.54. The smallest absolute Gasteiger partial charge is 0.274 e. The molecule has 120 valence electrons. The zero-order valence-electron chi connectivity index (χ0n) is 12.9. The number of benzene rings is 1. The largest absolute Gasteiger partial charge is 0.375 e. The lowest BCUT2D eigenvalue weighted by Crippen LogP contribution is -2.51. The van der Waals surface area contributed by atoms with Crippen molar-refractivity contribution in [3.05, 3.63) is 36.2 Å². The van der Waals surface area contributed by atoms with E-state index in [1.54, 1.807) is 9.80 Å². The molecule has 0 saturated carbocycles. The fourth-order valence-electron chi connectivity index (χ4n) is 2.60. The fourth-order valence-corrected chi connectivity index (χ4v) is 2.60. The number of para-hydroxylation sites is 2. The van der Waals surface area contributed by atoms with Crippen LogP contribution in [0.2, 0.25) is 0 Å². The maximum atomic E-state index is 12.5. The molecule has 0 spiro atoms. The minimum atomic E-state index is -0.151. The molecule has 2 heterocycles. The van der Waals surface area contributed by atoms with Crippen LogP contribution in [-0.4, -0.2) is 71.5 Å². The third kappa shape index (κ3) is 3.29. The van der Waals surface area contributed by atoms with Crippen molar-refractivity contribution in [1.82, 2.24) is 19.8 Å². The van der Waals surface area contributed by atoms with E-state index in [0.29, 0.717) is 37.4 Å². The molecule has 7 nitrogen and oxygen atoms in total. The zero-order valence-corrected chi connectivity index (χ0v) is 12.9. The first-order valence-electron chi connectivity index (χ1n) is 7.47. The second-order valence-electron chi connectivity index (χ2n) is 5.35. The topological polar surface area (TPSA) is 75.6 Å². The summed E-state index contributed by atoms with van der Waals surface area (Å²) in [4.78, 5) is 36.4. The second-order valence-corrected chi connectivity index (χ2v) is 5.35. The first-order chi connectivity index (χ1) is 11.2. The summed E-state index contributed by atoms with van der Waals surface area (Å²) in [6.45, 7) is 2.07. The van der Waals surface area contributed by atoms with Crippen LogP contribution in [0.25, 0.3) is 11.0 Å². The van der Waals surface area contributed by atoms with E-state index in [4.69, 9.17) is 4.74 Å². The maximum absolute atomic E-state index is 12.5. The van der Waals surface area contributed by atoms with E-state index in [9.17, 15) is 9.59 Å². The molecule has 1 fully saturated rings. The average Bonchev–Trinajstić information content (AvgIpc) is 2.61. The normalized spacial score (nSPS) is 15.0. The van der Waals surface area contributed by atoms with Gasteiger partial charge in [-0.15, -0.1) is 0 Å². The van der Waals surface area contributed by atoms with Crippen LogP contribution < -0.4 is 0 Å². The Labute approximate surface area is 133 Å². The van der Waals surface area contributed by atoms with Crippen LogP contribution in [-0.2, 0) is 9.53 Å². The molecule has 0 radical (unpaired) electrons. The van der Waals surface area contributed by atoms with E-state index < -0.39 is 0 Å². The number of piperazine rings is 1. The number of fused-ring (bicyclic) bond motifs is 1. The number of hydrogen-bond donors (Lipinski definition) is 0. The predicted octanol–water partition coefficient (Wildman–Crippen LogP) is 0.561. The van der Waals surface area contributed by atoms with Gasteiger partial charge in [0.1, 0.15) is 12.3 Å². The van der Waals surface area contributed by atoms with E-state index in [2.05, 4.69) is 9.97 Å². The SMILES string of the molecule is COCC(=O)N1CCN(C(=O)c2cnc3ccccc3n2)CC1. The van der Waals surface area contributed by atoms with Gasteiger partial charge < -0.3 is 14.5 Å². The van der Waals surface area contributed by atoms with E-state index in [0.717, 1.165) is 5.52 Å². The maximum Gasteiger partial charge on any atom is 0.274 e. The van der Waals surface area contributed by atoms with Gasteiger partial charge in [-0.2, -0.15) is 0 Å². The zero-order chi connectivity index (χ0) is 16.2. The minimum Gasteiger partial charge on any atom is -0.375 e. The molecule has 0 aliphatic carbocycles. The second kappa shape index (κ2) is 6.70. The molecule has 0 atom stereocenters. The van der Waals surface area contributed by atoms with Gasteiger partial charge in [0.15, 0.2) is 0 Å². The lowest BCUT2D eigenvalue weighted by Gasteiger charge is -2.34. The van der Waals surface area contributed by atoms with Crippen molar-refractivity contribution in [3.63, 3.8) is 0 Å². The van der Waals surface area contributed by atoms with E-state index >= 15 is 0 Å². The van der Waals surface area contributed by atoms with Gasteiger partial charge in [-0.25, -0.2) is 4.98 Å². The summed E-state index contributed by atoms with van der Waals surface area (Å²) >= 11 is 0. The Morgan fingerprint density at radius 1 is 1.09 bits per heavy atom. The van der Waals surface area contributed by atoms with Crippen molar-refractivity contribution in [2.75, 3.05) is 39.9 Å². The van der Waals surface area contributed by atoms with Crippen LogP contribution in [0.4, 0.5) is 0 Å². The summed E-state index contributed by atoms with van der Waals surface area (Å²) in [6, 6.07) is 7.44. The molecule has 1 aliphatic heterocycles. The number of rotatable bonds is 3. The van der Waals surface area contributed by atoms with Crippen molar-refractivity contribution in [3.8, 4) is 0 Å². The molecule has 1 aromatic carbocycles. The van der Waals surface area contributed by atoms with Crippen LogP contribution in [0.1, 0.15) is 10.5 Å². The minimum absolute atomic E-state index is 0.0508. The molecule has 3 rings (SSSR count). The van der Waals surface area contributed by atoms with E-state index in [-0.39, 0.29) is 18.4 Å². The molecular weight excluding hydrogens is 296 g/mol. The van der Waals surface area contributed by atoms with Gasteiger partial charge in [-0.1, -0.05) is 12.1 Å². The molecular formula is C16H18N4O3. The summed E-state index contributed by atoms with van der Waals surface area (Å²) in [7, 11) is 1.50. The highest BCUT2D eigenvalue weighted by Crippen LogP contribution is 2.11. The van der Waals surface area contributed by atoms with Gasteiger partial charge in [-0.3, -0.25) is 14.6 Å². The van der Waals surface area contributed by atoms with Crippen LogP contribution in [0, 0.1) is 0 Å². The number of hydrogen-bond acceptors (Lipinski definition) is 5. The lowest BCUT2D eigenvalue weighted by atomic mass is 10.2. The Morgan fingerprint density at radius 2 is 1.74 bits per heavy atom. The highest BCUT2D eigenvalue weighted by Gasteiger charge is 2.25. The number of carbonyl (C=O) groups is 2. The third-order valence-electron chi connectivity index (χ3n) is 3.86. The highest BCUT2D eigenvalue weighted by molar-refractivity contribution is 5.94. The summed E-state index contributed by atoms with van der Waals surface area (Å²) in [5.74, 6) is -0.202. The molecule has 1 aromatic heterocycles. The molecule has 2 amide bonds.